The molecule has 1 aliphatic carbocycles. The number of para-hydroxylation sites is 1. The number of nitrogens with one attached hydrogen (secondary N) is 1. The molecule has 2 rings (SSSR count). The second-order valence-electron chi connectivity index (χ2n) is 6.88. The topological polar surface area (TPSA) is 29.1 Å². The number of hydrogen-bond donors (Lipinski definition) is 1. The van der Waals surface area contributed by atoms with E-state index in [0.29, 0.717) is 5.41 Å². The first-order valence-electron chi connectivity index (χ1n) is 7.43. The molecule has 110 valence electrons. The zero-order chi connectivity index (χ0) is 14.8. The highest BCUT2D eigenvalue weighted by Crippen LogP contribution is 2.40. The van der Waals surface area contributed by atoms with Crippen molar-refractivity contribution in [2.24, 2.45) is 17.3 Å². The van der Waals surface area contributed by atoms with Crippen LogP contribution in [0.4, 0.5) is 5.69 Å². The van der Waals surface area contributed by atoms with Gasteiger partial charge in [0.2, 0.25) is 5.91 Å². The van der Waals surface area contributed by atoms with Crippen molar-refractivity contribution >= 4 is 27.5 Å². The van der Waals surface area contributed by atoms with Crippen LogP contribution in [0.25, 0.3) is 0 Å². The summed E-state index contributed by atoms with van der Waals surface area (Å²) in [7, 11) is 0. The molecule has 0 radical (unpaired) electrons. The van der Waals surface area contributed by atoms with Gasteiger partial charge in [0.25, 0.3) is 0 Å². The normalized spacial score (nSPS) is 23.4. The number of carbonyl (C=O) groups is 1. The van der Waals surface area contributed by atoms with E-state index in [2.05, 4.69) is 42.0 Å². The van der Waals surface area contributed by atoms with E-state index < -0.39 is 0 Å². The van der Waals surface area contributed by atoms with Gasteiger partial charge in [0, 0.05) is 10.4 Å². The molecule has 1 fully saturated rings. The van der Waals surface area contributed by atoms with Crippen LogP contribution in [0.15, 0.2) is 28.7 Å². The second kappa shape index (κ2) is 6.30. The molecule has 1 aliphatic rings. The first-order valence-corrected chi connectivity index (χ1v) is 8.22. The number of amides is 1. The summed E-state index contributed by atoms with van der Waals surface area (Å²) in [5.41, 5.74) is 1.24. The lowest BCUT2D eigenvalue weighted by Gasteiger charge is -2.36. The fraction of sp³-hybridized carbons (Fsp3) is 0.588. The Hall–Kier alpha value is -0.830. The van der Waals surface area contributed by atoms with Crippen molar-refractivity contribution in [2.75, 3.05) is 5.32 Å². The molecule has 1 N–H and O–H groups in total. The minimum Gasteiger partial charge on any atom is -0.325 e. The molecule has 20 heavy (non-hydrogen) atoms. The maximum Gasteiger partial charge on any atom is 0.227 e. The summed E-state index contributed by atoms with van der Waals surface area (Å²) in [6.07, 6.45) is 4.35. The highest BCUT2D eigenvalue weighted by atomic mass is 79.9. The Morgan fingerprint density at radius 3 is 2.30 bits per heavy atom. The molecule has 0 bridgehead atoms. The molecule has 1 saturated carbocycles. The van der Waals surface area contributed by atoms with Crippen molar-refractivity contribution in [3.8, 4) is 0 Å². The Bertz CT molecular complexity index is 470. The number of benzene rings is 1. The van der Waals surface area contributed by atoms with E-state index in [4.69, 9.17) is 0 Å². The summed E-state index contributed by atoms with van der Waals surface area (Å²) < 4.78 is 0.941. The van der Waals surface area contributed by atoms with E-state index in [1.165, 1.54) is 0 Å². The highest BCUT2D eigenvalue weighted by Gasteiger charge is 2.32. The van der Waals surface area contributed by atoms with E-state index in [1.807, 2.05) is 24.3 Å². The highest BCUT2D eigenvalue weighted by molar-refractivity contribution is 9.10. The lowest BCUT2D eigenvalue weighted by Crippen LogP contribution is -2.31. The molecule has 2 nitrogen and oxygen atoms in total. The average molecular weight is 338 g/mol. The number of carbonyl (C=O) groups excluding carboxylic acids is 1. The maximum absolute atomic E-state index is 12.3. The van der Waals surface area contributed by atoms with Crippen LogP contribution >= 0.6 is 15.9 Å². The number of hydrogen-bond acceptors (Lipinski definition) is 1. The van der Waals surface area contributed by atoms with Gasteiger partial charge in [-0.25, -0.2) is 0 Å². The van der Waals surface area contributed by atoms with Crippen LogP contribution in [0.1, 0.15) is 46.5 Å². The zero-order valence-corrected chi connectivity index (χ0v) is 14.2. The van der Waals surface area contributed by atoms with Gasteiger partial charge >= 0.3 is 0 Å². The molecule has 0 heterocycles. The van der Waals surface area contributed by atoms with Gasteiger partial charge in [-0.05, 0) is 65.1 Å². The zero-order valence-electron chi connectivity index (χ0n) is 12.6. The van der Waals surface area contributed by atoms with Crippen molar-refractivity contribution in [1.29, 1.82) is 0 Å². The first-order chi connectivity index (χ1) is 9.38. The average Bonchev–Trinajstić information content (AvgIpc) is 2.40. The van der Waals surface area contributed by atoms with Gasteiger partial charge in [-0.3, -0.25) is 4.79 Å². The molecule has 1 aromatic rings. The Morgan fingerprint density at radius 1 is 1.15 bits per heavy atom. The SMILES string of the molecule is CC(C)(C)C1CCC(C(=O)Nc2ccccc2Br)CC1. The van der Waals surface area contributed by atoms with Gasteiger partial charge in [-0.1, -0.05) is 32.9 Å². The first kappa shape index (κ1) is 15.6. The van der Waals surface area contributed by atoms with Crippen molar-refractivity contribution in [1.82, 2.24) is 0 Å². The lowest BCUT2D eigenvalue weighted by molar-refractivity contribution is -0.121. The van der Waals surface area contributed by atoms with E-state index in [1.54, 1.807) is 0 Å². The molecule has 0 atom stereocenters. The smallest absolute Gasteiger partial charge is 0.227 e. The van der Waals surface area contributed by atoms with E-state index in [0.717, 1.165) is 41.8 Å². The van der Waals surface area contributed by atoms with Crippen molar-refractivity contribution < 1.29 is 4.79 Å². The fourth-order valence-corrected chi connectivity index (χ4v) is 3.40. The van der Waals surface area contributed by atoms with Gasteiger partial charge in [-0.2, -0.15) is 0 Å². The molecular weight excluding hydrogens is 314 g/mol. The predicted octanol–water partition coefficient (Wildman–Crippen LogP) is 5.24. The van der Waals surface area contributed by atoms with Crippen molar-refractivity contribution in [2.45, 2.75) is 46.5 Å². The lowest BCUT2D eigenvalue weighted by atomic mass is 9.69. The van der Waals surface area contributed by atoms with Crippen LogP contribution in [-0.2, 0) is 4.79 Å². The third-order valence-corrected chi connectivity index (χ3v) is 5.15. The molecule has 0 spiro atoms. The monoisotopic (exact) mass is 337 g/mol. The molecule has 0 saturated heterocycles. The Balaban J connectivity index is 1.91. The summed E-state index contributed by atoms with van der Waals surface area (Å²) in [6.45, 7) is 6.91. The van der Waals surface area contributed by atoms with E-state index >= 15 is 0 Å². The second-order valence-corrected chi connectivity index (χ2v) is 7.74. The van der Waals surface area contributed by atoms with Crippen molar-refractivity contribution in [3.63, 3.8) is 0 Å². The van der Waals surface area contributed by atoms with Crippen LogP contribution in [0, 0.1) is 17.3 Å². The van der Waals surface area contributed by atoms with E-state index in [9.17, 15) is 4.79 Å². The number of anilines is 1. The molecule has 1 amide bonds. The number of rotatable bonds is 2. The van der Waals surface area contributed by atoms with Crippen LogP contribution < -0.4 is 5.32 Å². The number of halogens is 1. The standard InChI is InChI=1S/C17H24BrNO/c1-17(2,3)13-10-8-12(9-11-13)16(20)19-15-7-5-4-6-14(15)18/h4-7,12-13H,8-11H2,1-3H3,(H,19,20). The molecular formula is C17H24BrNO. The van der Waals surface area contributed by atoms with Crippen molar-refractivity contribution in [3.05, 3.63) is 28.7 Å². The Labute approximate surface area is 130 Å². The summed E-state index contributed by atoms with van der Waals surface area (Å²) in [5.74, 6) is 1.08. The third kappa shape index (κ3) is 3.85. The minimum absolute atomic E-state index is 0.167. The van der Waals surface area contributed by atoms with E-state index in [-0.39, 0.29) is 11.8 Å². The van der Waals surface area contributed by atoms with Crippen LogP contribution in [-0.4, -0.2) is 5.91 Å². The summed E-state index contributed by atoms with van der Waals surface area (Å²) >= 11 is 3.47. The summed E-state index contributed by atoms with van der Waals surface area (Å²) in [6, 6.07) is 7.78. The third-order valence-electron chi connectivity index (χ3n) is 4.45. The van der Waals surface area contributed by atoms with Gasteiger partial charge in [0.1, 0.15) is 0 Å². The maximum atomic E-state index is 12.3. The molecule has 0 aliphatic heterocycles. The predicted molar refractivity (Wildman–Crippen MR) is 87.7 cm³/mol. The van der Waals surface area contributed by atoms with Gasteiger partial charge in [-0.15, -0.1) is 0 Å². The minimum atomic E-state index is 0.167. The Morgan fingerprint density at radius 2 is 1.75 bits per heavy atom. The van der Waals surface area contributed by atoms with Gasteiger partial charge < -0.3 is 5.32 Å². The van der Waals surface area contributed by atoms with Crippen LogP contribution in [0.3, 0.4) is 0 Å². The van der Waals surface area contributed by atoms with Crippen LogP contribution in [0.2, 0.25) is 0 Å². The largest absolute Gasteiger partial charge is 0.325 e. The molecule has 3 heteroatoms. The van der Waals surface area contributed by atoms with Gasteiger partial charge in [0.15, 0.2) is 0 Å². The summed E-state index contributed by atoms with van der Waals surface area (Å²) in [4.78, 5) is 12.3. The molecule has 0 unspecified atom stereocenters. The van der Waals surface area contributed by atoms with Crippen LogP contribution in [0.5, 0.6) is 0 Å². The van der Waals surface area contributed by atoms with Gasteiger partial charge in [0.05, 0.1) is 5.69 Å². The Kier molecular flexibility index (Phi) is 4.90. The molecule has 1 aromatic carbocycles. The quantitative estimate of drug-likeness (QED) is 0.785. The molecule has 0 aromatic heterocycles. The summed E-state index contributed by atoms with van der Waals surface area (Å²) in [5, 5.41) is 3.05. The fourth-order valence-electron chi connectivity index (χ4n) is 3.02.